The van der Waals surface area contributed by atoms with Crippen LogP contribution in [-0.2, 0) is 10.0 Å². The molecule has 0 saturated carbocycles. The minimum absolute atomic E-state index is 0.210. The van der Waals surface area contributed by atoms with E-state index in [1.54, 1.807) is 19.9 Å². The number of rotatable bonds is 6. The lowest BCUT2D eigenvalue weighted by atomic mass is 9.99. The van der Waals surface area contributed by atoms with Crippen molar-refractivity contribution in [1.82, 2.24) is 4.31 Å². The third-order valence-corrected chi connectivity index (χ3v) is 5.47. The first-order chi connectivity index (χ1) is 9.72. The topological polar surface area (TPSA) is 46.6 Å². The van der Waals surface area contributed by atoms with Gasteiger partial charge in [0.05, 0.1) is 25.5 Å². The van der Waals surface area contributed by atoms with Crippen LogP contribution in [0.2, 0.25) is 0 Å². The molecular weight excluding hydrogens is 300 g/mol. The predicted octanol–water partition coefficient (Wildman–Crippen LogP) is 2.21. The summed E-state index contributed by atoms with van der Waals surface area (Å²) in [5, 5.41) is 0. The molecule has 0 spiro atoms. The van der Waals surface area contributed by atoms with Gasteiger partial charge in [0.1, 0.15) is 17.7 Å². The Hall–Kier alpha value is -1.21. The second-order valence-electron chi connectivity index (χ2n) is 6.07. The Labute approximate surface area is 123 Å². The van der Waals surface area contributed by atoms with Crippen LogP contribution < -0.4 is 4.74 Å². The molecule has 0 aromatic heterocycles. The molecule has 118 valence electrons. The summed E-state index contributed by atoms with van der Waals surface area (Å²) in [6.45, 7) is 2.88. The molecule has 2 rings (SSSR count). The fourth-order valence-electron chi connectivity index (χ4n) is 2.06. The zero-order chi connectivity index (χ0) is 15.7. The Morgan fingerprint density at radius 1 is 1.38 bits per heavy atom. The standard InChI is InChI=1S/C14H19F2NO3S/c1-14(2,9-15)10-21(18,19)17-7-13(8-17)20-12-5-3-4-11(16)6-12/h3-6,13H,7-10H2,1-2H3. The fourth-order valence-corrected chi connectivity index (χ4v) is 4.09. The smallest absolute Gasteiger partial charge is 0.214 e. The maximum atomic E-state index is 13.0. The lowest BCUT2D eigenvalue weighted by Gasteiger charge is -2.39. The van der Waals surface area contributed by atoms with E-state index in [2.05, 4.69) is 0 Å². The SMILES string of the molecule is CC(C)(CF)CS(=O)(=O)N1CC(Oc2cccc(F)c2)C1. The van der Waals surface area contributed by atoms with Crippen LogP contribution in [0.15, 0.2) is 24.3 Å². The molecule has 1 aliphatic rings. The number of ether oxygens (including phenoxy) is 1. The number of sulfonamides is 1. The second-order valence-corrected chi connectivity index (χ2v) is 8.04. The normalized spacial score (nSPS) is 17.5. The third-order valence-electron chi connectivity index (χ3n) is 3.24. The summed E-state index contributed by atoms with van der Waals surface area (Å²) < 4.78 is 56.7. The van der Waals surface area contributed by atoms with Gasteiger partial charge in [-0.15, -0.1) is 0 Å². The summed E-state index contributed by atoms with van der Waals surface area (Å²) in [6, 6.07) is 5.71. The number of nitrogens with zero attached hydrogens (tertiary/aromatic N) is 1. The van der Waals surface area contributed by atoms with Crippen LogP contribution in [-0.4, -0.2) is 44.3 Å². The Morgan fingerprint density at radius 2 is 2.05 bits per heavy atom. The van der Waals surface area contributed by atoms with E-state index in [1.807, 2.05) is 0 Å². The molecule has 21 heavy (non-hydrogen) atoms. The highest BCUT2D eigenvalue weighted by atomic mass is 32.2. The molecule has 0 bridgehead atoms. The van der Waals surface area contributed by atoms with Crippen LogP contribution in [0.25, 0.3) is 0 Å². The summed E-state index contributed by atoms with van der Waals surface area (Å²) in [4.78, 5) is 0. The van der Waals surface area contributed by atoms with Gasteiger partial charge in [-0.25, -0.2) is 12.8 Å². The van der Waals surface area contributed by atoms with Gasteiger partial charge in [-0.2, -0.15) is 4.31 Å². The van der Waals surface area contributed by atoms with Gasteiger partial charge in [-0.05, 0) is 12.1 Å². The molecule has 0 N–H and O–H groups in total. The predicted molar refractivity (Wildman–Crippen MR) is 75.9 cm³/mol. The van der Waals surface area contributed by atoms with Crippen molar-refractivity contribution in [2.24, 2.45) is 5.41 Å². The molecule has 0 amide bonds. The number of alkyl halides is 1. The van der Waals surface area contributed by atoms with Crippen molar-refractivity contribution in [3.8, 4) is 5.75 Å². The summed E-state index contributed by atoms with van der Waals surface area (Å²) in [5.41, 5.74) is -0.896. The molecule has 4 nitrogen and oxygen atoms in total. The van der Waals surface area contributed by atoms with Gasteiger partial charge in [0.25, 0.3) is 0 Å². The lowest BCUT2D eigenvalue weighted by molar-refractivity contribution is 0.0750. The average molecular weight is 319 g/mol. The van der Waals surface area contributed by atoms with E-state index in [4.69, 9.17) is 4.74 Å². The highest BCUT2D eigenvalue weighted by Gasteiger charge is 2.40. The van der Waals surface area contributed by atoms with E-state index in [-0.39, 0.29) is 24.9 Å². The van der Waals surface area contributed by atoms with Crippen molar-refractivity contribution >= 4 is 10.0 Å². The van der Waals surface area contributed by atoms with Gasteiger partial charge >= 0.3 is 0 Å². The molecule has 1 saturated heterocycles. The largest absolute Gasteiger partial charge is 0.488 e. The highest BCUT2D eigenvalue weighted by molar-refractivity contribution is 7.89. The first kappa shape index (κ1) is 16.2. The molecule has 0 atom stereocenters. The van der Waals surface area contributed by atoms with Crippen LogP contribution in [0.1, 0.15) is 13.8 Å². The van der Waals surface area contributed by atoms with Crippen molar-refractivity contribution < 1.29 is 21.9 Å². The Kier molecular flexibility index (Phi) is 4.53. The molecule has 1 aromatic carbocycles. The van der Waals surface area contributed by atoms with Gasteiger partial charge in [-0.1, -0.05) is 19.9 Å². The van der Waals surface area contributed by atoms with Crippen molar-refractivity contribution in [1.29, 1.82) is 0 Å². The summed E-state index contributed by atoms with van der Waals surface area (Å²) in [7, 11) is -3.49. The van der Waals surface area contributed by atoms with E-state index >= 15 is 0 Å². The van der Waals surface area contributed by atoms with Crippen LogP contribution in [0.3, 0.4) is 0 Å². The molecule has 7 heteroatoms. The quantitative estimate of drug-likeness (QED) is 0.808. The van der Waals surface area contributed by atoms with E-state index in [0.29, 0.717) is 5.75 Å². The van der Waals surface area contributed by atoms with Crippen LogP contribution >= 0.6 is 0 Å². The van der Waals surface area contributed by atoms with E-state index in [9.17, 15) is 17.2 Å². The number of hydrogen-bond donors (Lipinski definition) is 0. The summed E-state index contributed by atoms with van der Waals surface area (Å²) in [6.07, 6.45) is -0.296. The number of hydrogen-bond acceptors (Lipinski definition) is 3. The Balaban J connectivity index is 1.89. The minimum atomic E-state index is -3.49. The molecule has 1 heterocycles. The zero-order valence-corrected chi connectivity index (χ0v) is 12.9. The minimum Gasteiger partial charge on any atom is -0.488 e. The van der Waals surface area contributed by atoms with E-state index in [1.165, 1.54) is 22.5 Å². The molecule has 1 aromatic rings. The zero-order valence-electron chi connectivity index (χ0n) is 12.1. The molecule has 0 aliphatic carbocycles. The van der Waals surface area contributed by atoms with Crippen molar-refractivity contribution in [3.63, 3.8) is 0 Å². The van der Waals surface area contributed by atoms with Gasteiger partial charge in [-0.3, -0.25) is 4.39 Å². The van der Waals surface area contributed by atoms with Gasteiger partial charge in [0, 0.05) is 11.5 Å². The van der Waals surface area contributed by atoms with E-state index < -0.39 is 27.9 Å². The third kappa shape index (κ3) is 4.14. The van der Waals surface area contributed by atoms with Crippen LogP contribution in [0, 0.1) is 11.2 Å². The molecule has 1 aliphatic heterocycles. The fraction of sp³-hybridized carbons (Fsp3) is 0.571. The molecule has 0 radical (unpaired) electrons. The number of halogens is 2. The maximum Gasteiger partial charge on any atom is 0.214 e. The van der Waals surface area contributed by atoms with Gasteiger partial charge in [0.2, 0.25) is 10.0 Å². The Bertz CT molecular complexity index is 598. The van der Waals surface area contributed by atoms with Gasteiger partial charge in [0.15, 0.2) is 0 Å². The maximum absolute atomic E-state index is 13.0. The second kappa shape index (κ2) is 5.88. The number of benzene rings is 1. The van der Waals surface area contributed by atoms with Crippen LogP contribution in [0.4, 0.5) is 8.78 Å². The first-order valence-electron chi connectivity index (χ1n) is 6.68. The first-order valence-corrected chi connectivity index (χ1v) is 8.29. The highest BCUT2D eigenvalue weighted by Crippen LogP contribution is 2.25. The van der Waals surface area contributed by atoms with Gasteiger partial charge < -0.3 is 4.74 Å². The summed E-state index contributed by atoms with van der Waals surface area (Å²) >= 11 is 0. The molecule has 0 unspecified atom stereocenters. The van der Waals surface area contributed by atoms with Crippen LogP contribution in [0.5, 0.6) is 5.75 Å². The van der Waals surface area contributed by atoms with Crippen molar-refractivity contribution in [2.45, 2.75) is 20.0 Å². The monoisotopic (exact) mass is 319 g/mol. The summed E-state index contributed by atoms with van der Waals surface area (Å²) in [5.74, 6) is -0.259. The lowest BCUT2D eigenvalue weighted by Crippen LogP contribution is -2.57. The van der Waals surface area contributed by atoms with Crippen molar-refractivity contribution in [3.05, 3.63) is 30.1 Å². The van der Waals surface area contributed by atoms with Crippen molar-refractivity contribution in [2.75, 3.05) is 25.5 Å². The average Bonchev–Trinajstić information content (AvgIpc) is 2.32. The van der Waals surface area contributed by atoms with E-state index in [0.717, 1.165) is 0 Å². The Morgan fingerprint density at radius 3 is 2.62 bits per heavy atom. The molecule has 1 fully saturated rings. The molecular formula is C14H19F2NO3S.